The van der Waals surface area contributed by atoms with Gasteiger partial charge < -0.3 is 9.88 Å². The Balaban J connectivity index is 2.29. The Bertz CT molecular complexity index is 520. The number of hydrogen-bond acceptors (Lipinski definition) is 3. The van der Waals surface area contributed by atoms with E-state index in [-0.39, 0.29) is 0 Å². The van der Waals surface area contributed by atoms with Gasteiger partial charge in [0, 0.05) is 11.9 Å². The van der Waals surface area contributed by atoms with Crippen molar-refractivity contribution in [3.05, 3.63) is 28.9 Å². The van der Waals surface area contributed by atoms with Gasteiger partial charge in [-0.25, -0.2) is 0 Å². The third-order valence-electron chi connectivity index (χ3n) is 2.05. The summed E-state index contributed by atoms with van der Waals surface area (Å²) in [4.78, 5) is 1.65. The Morgan fingerprint density at radius 2 is 2.38 bits per heavy atom. The van der Waals surface area contributed by atoms with Crippen LogP contribution >= 0.6 is 36.2 Å². The molecule has 1 N–H and O–H groups in total. The first-order valence-corrected chi connectivity index (χ1v) is 6.17. The van der Waals surface area contributed by atoms with Gasteiger partial charge in [0.2, 0.25) is 0 Å². The fourth-order valence-electron chi connectivity index (χ4n) is 1.36. The molecule has 2 heterocycles. The molecule has 16 heavy (non-hydrogen) atoms. The number of terminal acetylenes is 1. The van der Waals surface area contributed by atoms with Gasteiger partial charge in [-0.2, -0.15) is 0 Å². The molecule has 0 bridgehead atoms. The molecule has 1 aliphatic rings. The monoisotopic (exact) mass is 264 g/mol. The molecule has 0 atom stereocenters. The minimum atomic E-state index is 0.557. The summed E-state index contributed by atoms with van der Waals surface area (Å²) in [5.41, 5.74) is 1.04. The summed E-state index contributed by atoms with van der Waals surface area (Å²) in [6, 6.07) is 3.95. The number of nitrogens with one attached hydrogen (secondary N) is 1. The molecule has 5 heteroatoms. The number of aromatic nitrogens is 1. The first-order chi connectivity index (χ1) is 7.70. The second-order valence-electron chi connectivity index (χ2n) is 3.12. The van der Waals surface area contributed by atoms with Crippen LogP contribution in [-0.2, 0) is 6.54 Å². The Hall–Kier alpha value is -1.09. The van der Waals surface area contributed by atoms with Crippen LogP contribution in [0.1, 0.15) is 5.69 Å². The summed E-state index contributed by atoms with van der Waals surface area (Å²) in [6.07, 6.45) is 9.23. The number of thioether (sulfide) groups is 1. The van der Waals surface area contributed by atoms with Gasteiger partial charge in [0.15, 0.2) is 0 Å². The zero-order valence-electron chi connectivity index (χ0n) is 8.27. The van der Waals surface area contributed by atoms with E-state index in [0.29, 0.717) is 15.9 Å². The van der Waals surface area contributed by atoms with Crippen LogP contribution in [0.25, 0.3) is 6.08 Å². The maximum absolute atomic E-state index is 5.29. The SMILES string of the molecule is C#CCn1cccc1/C=C1\SC(=S)NC1=S. The molecule has 1 saturated heterocycles. The third kappa shape index (κ3) is 2.35. The Labute approximate surface area is 109 Å². The maximum Gasteiger partial charge on any atom is 0.143 e. The van der Waals surface area contributed by atoms with Crippen LogP contribution in [0.4, 0.5) is 0 Å². The normalized spacial score (nSPS) is 17.6. The van der Waals surface area contributed by atoms with E-state index in [2.05, 4.69) is 11.2 Å². The van der Waals surface area contributed by atoms with Crippen LogP contribution in [0.5, 0.6) is 0 Å². The minimum Gasteiger partial charge on any atom is -0.336 e. The summed E-state index contributed by atoms with van der Waals surface area (Å²) < 4.78 is 2.68. The Morgan fingerprint density at radius 3 is 3.00 bits per heavy atom. The fraction of sp³-hybridized carbons (Fsp3) is 0.0909. The molecule has 1 aliphatic heterocycles. The quantitative estimate of drug-likeness (QED) is 0.501. The van der Waals surface area contributed by atoms with E-state index >= 15 is 0 Å². The van der Waals surface area contributed by atoms with Crippen molar-refractivity contribution in [1.82, 2.24) is 9.88 Å². The van der Waals surface area contributed by atoms with Crippen LogP contribution < -0.4 is 5.32 Å². The van der Waals surface area contributed by atoms with Gasteiger partial charge in [0.1, 0.15) is 9.31 Å². The molecule has 0 aliphatic carbocycles. The second-order valence-corrected chi connectivity index (χ2v) is 5.24. The molecule has 1 aromatic heterocycles. The van der Waals surface area contributed by atoms with E-state index in [0.717, 1.165) is 10.6 Å². The number of hydrogen-bond donors (Lipinski definition) is 1. The molecule has 0 unspecified atom stereocenters. The first kappa shape index (κ1) is 11.4. The van der Waals surface area contributed by atoms with E-state index < -0.39 is 0 Å². The van der Waals surface area contributed by atoms with Gasteiger partial charge in [-0.3, -0.25) is 0 Å². The number of nitrogens with zero attached hydrogens (tertiary/aromatic N) is 1. The van der Waals surface area contributed by atoms with Crippen molar-refractivity contribution in [2.24, 2.45) is 0 Å². The highest BCUT2D eigenvalue weighted by molar-refractivity contribution is 8.27. The molecule has 1 aromatic rings. The van der Waals surface area contributed by atoms with E-state index in [9.17, 15) is 0 Å². The summed E-state index contributed by atoms with van der Waals surface area (Å²) in [5, 5.41) is 2.94. The lowest BCUT2D eigenvalue weighted by Crippen LogP contribution is -2.15. The van der Waals surface area contributed by atoms with E-state index in [1.54, 1.807) is 0 Å². The van der Waals surface area contributed by atoms with Crippen molar-refractivity contribution in [3.63, 3.8) is 0 Å². The van der Waals surface area contributed by atoms with Crippen LogP contribution in [0.15, 0.2) is 23.2 Å². The lowest BCUT2D eigenvalue weighted by Gasteiger charge is -2.01. The van der Waals surface area contributed by atoms with E-state index in [1.807, 2.05) is 29.0 Å². The molecule has 0 radical (unpaired) electrons. The standard InChI is InChI=1S/C11H8N2S3/c1-2-5-13-6-3-4-8(13)7-9-10(14)12-11(15)16-9/h1,3-4,6-7H,5H2,(H,12,14,15)/b9-7-. The van der Waals surface area contributed by atoms with Crippen LogP contribution in [0, 0.1) is 12.3 Å². The van der Waals surface area contributed by atoms with Gasteiger partial charge in [-0.15, -0.1) is 6.42 Å². The highest BCUT2D eigenvalue weighted by Crippen LogP contribution is 2.26. The zero-order chi connectivity index (χ0) is 11.5. The summed E-state index contributed by atoms with van der Waals surface area (Å²) in [6.45, 7) is 0.557. The van der Waals surface area contributed by atoms with Crippen molar-refractivity contribution in [2.45, 2.75) is 6.54 Å². The summed E-state index contributed by atoms with van der Waals surface area (Å²) >= 11 is 11.7. The molecule has 2 nitrogen and oxygen atoms in total. The Kier molecular flexibility index (Phi) is 3.44. The summed E-state index contributed by atoms with van der Waals surface area (Å²) in [5.74, 6) is 2.61. The highest BCUT2D eigenvalue weighted by Gasteiger charge is 2.18. The fourth-order valence-corrected chi connectivity index (χ4v) is 2.82. The van der Waals surface area contributed by atoms with Crippen molar-refractivity contribution < 1.29 is 0 Å². The molecule has 0 amide bonds. The van der Waals surface area contributed by atoms with E-state index in [4.69, 9.17) is 30.9 Å². The molecule has 80 valence electrons. The molecular weight excluding hydrogens is 256 g/mol. The molecular formula is C11H8N2S3. The van der Waals surface area contributed by atoms with Crippen LogP contribution in [0.3, 0.4) is 0 Å². The lowest BCUT2D eigenvalue weighted by molar-refractivity contribution is 0.841. The molecule has 0 spiro atoms. The van der Waals surface area contributed by atoms with Gasteiger partial charge in [-0.05, 0) is 18.2 Å². The smallest absolute Gasteiger partial charge is 0.143 e. The van der Waals surface area contributed by atoms with Crippen molar-refractivity contribution in [3.8, 4) is 12.3 Å². The van der Waals surface area contributed by atoms with Gasteiger partial charge in [0.25, 0.3) is 0 Å². The molecule has 0 saturated carbocycles. The maximum atomic E-state index is 5.29. The first-order valence-electron chi connectivity index (χ1n) is 4.54. The third-order valence-corrected chi connectivity index (χ3v) is 3.68. The predicted octanol–water partition coefficient (Wildman–Crippen LogP) is 2.41. The van der Waals surface area contributed by atoms with Gasteiger partial charge in [0.05, 0.1) is 11.4 Å². The largest absolute Gasteiger partial charge is 0.336 e. The molecule has 0 aromatic carbocycles. The average molecular weight is 264 g/mol. The molecule has 1 fully saturated rings. The molecule has 2 rings (SSSR count). The summed E-state index contributed by atoms with van der Waals surface area (Å²) in [7, 11) is 0. The predicted molar refractivity (Wildman–Crippen MR) is 77.2 cm³/mol. The van der Waals surface area contributed by atoms with Crippen molar-refractivity contribution in [1.29, 1.82) is 0 Å². The zero-order valence-corrected chi connectivity index (χ0v) is 10.7. The lowest BCUT2D eigenvalue weighted by atomic mass is 10.3. The van der Waals surface area contributed by atoms with E-state index in [1.165, 1.54) is 11.8 Å². The average Bonchev–Trinajstić information content (AvgIpc) is 2.77. The highest BCUT2D eigenvalue weighted by atomic mass is 32.2. The minimum absolute atomic E-state index is 0.557. The number of thiocarbonyl (C=S) groups is 2. The van der Waals surface area contributed by atoms with Gasteiger partial charge in [-0.1, -0.05) is 42.1 Å². The van der Waals surface area contributed by atoms with Crippen molar-refractivity contribution in [2.75, 3.05) is 0 Å². The number of rotatable bonds is 2. The van der Waals surface area contributed by atoms with Crippen molar-refractivity contribution >= 4 is 51.6 Å². The van der Waals surface area contributed by atoms with Gasteiger partial charge >= 0.3 is 0 Å². The van der Waals surface area contributed by atoms with Crippen LogP contribution in [0.2, 0.25) is 0 Å². The Morgan fingerprint density at radius 1 is 1.56 bits per heavy atom. The van der Waals surface area contributed by atoms with Crippen LogP contribution in [-0.4, -0.2) is 13.9 Å². The second kappa shape index (κ2) is 4.83. The topological polar surface area (TPSA) is 17.0 Å².